The molecule has 0 aliphatic heterocycles. The van der Waals surface area contributed by atoms with Gasteiger partial charge >= 0.3 is 0 Å². The van der Waals surface area contributed by atoms with Crippen LogP contribution in [0.15, 0.2) is 36.7 Å². The molecule has 94 valence electrons. The monoisotopic (exact) mass is 241 g/mol. The molecular weight excluding hydrogens is 222 g/mol. The van der Waals surface area contributed by atoms with E-state index in [-0.39, 0.29) is 6.04 Å². The quantitative estimate of drug-likeness (QED) is 0.878. The van der Waals surface area contributed by atoms with Gasteiger partial charge in [-0.05, 0) is 24.0 Å². The predicted octanol–water partition coefficient (Wildman–Crippen LogP) is 2.63. The van der Waals surface area contributed by atoms with Crippen LogP contribution < -0.4 is 5.73 Å². The lowest BCUT2D eigenvalue weighted by Crippen LogP contribution is -2.30. The highest BCUT2D eigenvalue weighted by molar-refractivity contribution is 5.33. The van der Waals surface area contributed by atoms with Gasteiger partial charge in [-0.15, -0.1) is 0 Å². The summed E-state index contributed by atoms with van der Waals surface area (Å²) in [4.78, 5) is 4.41. The largest absolute Gasteiger partial charge is 0.330 e. The van der Waals surface area contributed by atoms with Gasteiger partial charge in [-0.3, -0.25) is 0 Å². The first-order valence-corrected chi connectivity index (χ1v) is 6.66. The molecule has 3 heteroatoms. The molecular formula is C15H19N3. The second-order valence-electron chi connectivity index (χ2n) is 4.93. The van der Waals surface area contributed by atoms with Crippen molar-refractivity contribution < 1.29 is 0 Å². The molecule has 2 atom stereocenters. The summed E-state index contributed by atoms with van der Waals surface area (Å²) in [6, 6.07) is 8.96. The van der Waals surface area contributed by atoms with E-state index in [0.29, 0.717) is 6.04 Å². The van der Waals surface area contributed by atoms with Gasteiger partial charge in [-0.2, -0.15) is 0 Å². The van der Waals surface area contributed by atoms with Crippen molar-refractivity contribution in [3.05, 3.63) is 53.6 Å². The minimum Gasteiger partial charge on any atom is -0.330 e. The summed E-state index contributed by atoms with van der Waals surface area (Å²) in [5.41, 5.74) is 9.15. The zero-order valence-electron chi connectivity index (χ0n) is 10.7. The number of fused-ring (bicyclic) bond motifs is 1. The molecule has 2 N–H and O–H groups in total. The maximum absolute atomic E-state index is 6.46. The number of nitrogens with two attached hydrogens (primary N) is 1. The van der Waals surface area contributed by atoms with Crippen molar-refractivity contribution in [3.63, 3.8) is 0 Å². The van der Waals surface area contributed by atoms with E-state index in [2.05, 4.69) is 46.9 Å². The lowest BCUT2D eigenvalue weighted by Gasteiger charge is -2.32. The van der Waals surface area contributed by atoms with Crippen molar-refractivity contribution >= 4 is 0 Å². The second kappa shape index (κ2) is 4.58. The maximum Gasteiger partial charge on any atom is 0.108 e. The minimum absolute atomic E-state index is 0.0782. The number of benzene rings is 1. The number of nitrogens with zero attached hydrogens (tertiary/aromatic N) is 2. The van der Waals surface area contributed by atoms with Crippen LogP contribution >= 0.6 is 0 Å². The van der Waals surface area contributed by atoms with Crippen LogP contribution in [0.2, 0.25) is 0 Å². The molecule has 0 spiro atoms. The number of hydrogen-bond acceptors (Lipinski definition) is 2. The number of hydrogen-bond donors (Lipinski definition) is 1. The van der Waals surface area contributed by atoms with Gasteiger partial charge in [0.25, 0.3) is 0 Å². The summed E-state index contributed by atoms with van der Waals surface area (Å²) in [5, 5.41) is 0. The SMILES string of the molecule is CCc1nccn1C1CCc2ccccc2C1N. The third kappa shape index (κ3) is 1.75. The molecule has 1 aromatic carbocycles. The summed E-state index contributed by atoms with van der Waals surface area (Å²) >= 11 is 0. The Morgan fingerprint density at radius 1 is 1.39 bits per heavy atom. The van der Waals surface area contributed by atoms with Gasteiger partial charge in [0.15, 0.2) is 0 Å². The summed E-state index contributed by atoms with van der Waals surface area (Å²) in [6.07, 6.45) is 7.11. The molecule has 2 aromatic rings. The van der Waals surface area contributed by atoms with Gasteiger partial charge in [0.05, 0.1) is 12.1 Å². The Balaban J connectivity index is 1.98. The van der Waals surface area contributed by atoms with Crippen molar-refractivity contribution in [2.45, 2.75) is 38.3 Å². The molecule has 0 fully saturated rings. The van der Waals surface area contributed by atoms with Crippen molar-refractivity contribution in [2.24, 2.45) is 5.73 Å². The maximum atomic E-state index is 6.46. The van der Waals surface area contributed by atoms with Gasteiger partial charge < -0.3 is 10.3 Å². The first kappa shape index (κ1) is 11.5. The normalized spacial score (nSPS) is 22.8. The van der Waals surface area contributed by atoms with Crippen LogP contribution in [0.1, 0.15) is 42.4 Å². The Morgan fingerprint density at radius 2 is 2.22 bits per heavy atom. The van der Waals surface area contributed by atoms with Gasteiger partial charge in [-0.25, -0.2) is 4.98 Å². The van der Waals surface area contributed by atoms with E-state index in [1.54, 1.807) is 0 Å². The fraction of sp³-hybridized carbons (Fsp3) is 0.400. The fourth-order valence-corrected chi connectivity index (χ4v) is 3.01. The number of rotatable bonds is 2. The highest BCUT2D eigenvalue weighted by atomic mass is 15.1. The zero-order valence-corrected chi connectivity index (χ0v) is 10.7. The van der Waals surface area contributed by atoms with E-state index < -0.39 is 0 Å². The lowest BCUT2D eigenvalue weighted by molar-refractivity contribution is 0.362. The van der Waals surface area contributed by atoms with Gasteiger partial charge in [0.1, 0.15) is 5.82 Å². The molecule has 0 bridgehead atoms. The molecule has 0 amide bonds. The molecule has 3 nitrogen and oxygen atoms in total. The molecule has 0 saturated heterocycles. The minimum atomic E-state index is 0.0782. The lowest BCUT2D eigenvalue weighted by atomic mass is 9.84. The molecule has 18 heavy (non-hydrogen) atoms. The van der Waals surface area contributed by atoms with E-state index in [1.165, 1.54) is 11.1 Å². The number of aryl methyl sites for hydroxylation is 2. The number of aromatic nitrogens is 2. The smallest absolute Gasteiger partial charge is 0.108 e. The van der Waals surface area contributed by atoms with E-state index in [1.807, 2.05) is 6.20 Å². The van der Waals surface area contributed by atoms with E-state index in [9.17, 15) is 0 Å². The molecule has 3 rings (SSSR count). The molecule has 0 saturated carbocycles. The standard InChI is InChI=1S/C15H19N3/c1-2-14-17-9-10-18(14)13-8-7-11-5-3-4-6-12(11)15(13)16/h3-6,9-10,13,15H,2,7-8,16H2,1H3. The Hall–Kier alpha value is -1.61. The molecule has 1 heterocycles. The second-order valence-corrected chi connectivity index (χ2v) is 4.93. The zero-order chi connectivity index (χ0) is 12.5. The summed E-state index contributed by atoms with van der Waals surface area (Å²) in [6.45, 7) is 2.14. The Bertz CT molecular complexity index is 544. The van der Waals surface area contributed by atoms with Crippen molar-refractivity contribution in [1.29, 1.82) is 0 Å². The van der Waals surface area contributed by atoms with Crippen molar-refractivity contribution in [2.75, 3.05) is 0 Å². The van der Waals surface area contributed by atoms with Crippen LogP contribution in [-0.2, 0) is 12.8 Å². The molecule has 0 radical (unpaired) electrons. The Kier molecular flexibility index (Phi) is 2.92. The molecule has 1 aliphatic carbocycles. The highest BCUT2D eigenvalue weighted by Crippen LogP contribution is 2.36. The molecule has 1 aromatic heterocycles. The number of imidazole rings is 1. The van der Waals surface area contributed by atoms with E-state index in [4.69, 9.17) is 5.73 Å². The Morgan fingerprint density at radius 3 is 3.06 bits per heavy atom. The van der Waals surface area contributed by atoms with Gasteiger partial charge in [0.2, 0.25) is 0 Å². The first-order valence-electron chi connectivity index (χ1n) is 6.66. The Labute approximate surface area is 108 Å². The van der Waals surface area contributed by atoms with Crippen molar-refractivity contribution in [3.8, 4) is 0 Å². The topological polar surface area (TPSA) is 43.8 Å². The highest BCUT2D eigenvalue weighted by Gasteiger charge is 2.28. The molecule has 2 unspecified atom stereocenters. The van der Waals surface area contributed by atoms with Crippen molar-refractivity contribution in [1.82, 2.24) is 9.55 Å². The van der Waals surface area contributed by atoms with Crippen LogP contribution in [0.3, 0.4) is 0 Å². The van der Waals surface area contributed by atoms with Gasteiger partial charge in [0, 0.05) is 18.8 Å². The van der Waals surface area contributed by atoms with E-state index in [0.717, 1.165) is 25.1 Å². The van der Waals surface area contributed by atoms with Crippen LogP contribution in [0.5, 0.6) is 0 Å². The fourth-order valence-electron chi connectivity index (χ4n) is 3.01. The van der Waals surface area contributed by atoms with Crippen LogP contribution in [0, 0.1) is 0 Å². The first-order chi connectivity index (χ1) is 8.81. The third-order valence-electron chi connectivity index (χ3n) is 3.96. The third-order valence-corrected chi connectivity index (χ3v) is 3.96. The summed E-state index contributed by atoms with van der Waals surface area (Å²) in [7, 11) is 0. The average molecular weight is 241 g/mol. The molecule has 1 aliphatic rings. The summed E-state index contributed by atoms with van der Waals surface area (Å²) in [5.74, 6) is 1.13. The van der Waals surface area contributed by atoms with Crippen LogP contribution in [-0.4, -0.2) is 9.55 Å². The van der Waals surface area contributed by atoms with Crippen LogP contribution in [0.4, 0.5) is 0 Å². The average Bonchev–Trinajstić information content (AvgIpc) is 2.88. The van der Waals surface area contributed by atoms with Gasteiger partial charge in [-0.1, -0.05) is 31.2 Å². The van der Waals surface area contributed by atoms with Crippen LogP contribution in [0.25, 0.3) is 0 Å². The van der Waals surface area contributed by atoms with E-state index >= 15 is 0 Å². The predicted molar refractivity (Wildman–Crippen MR) is 72.3 cm³/mol. The summed E-state index contributed by atoms with van der Waals surface area (Å²) < 4.78 is 2.26.